The van der Waals surface area contributed by atoms with E-state index in [9.17, 15) is 9.59 Å². The normalized spacial score (nSPS) is 15.7. The van der Waals surface area contributed by atoms with Crippen LogP contribution in [0, 0.1) is 0 Å². The first-order valence-corrected chi connectivity index (χ1v) is 7.66. The standard InChI is InChI=1S/C18H19N3O2/c19-18(23)21-15-9-7-13(8-10-15)17(22)20-11-14-6-5-12-3-1-2-4-16(12)14/h1-4,7-10,14H,5-6,11H2,(H,20,22)(H3,19,21,23). The van der Waals surface area contributed by atoms with E-state index in [0.717, 1.165) is 12.8 Å². The molecule has 1 aliphatic rings. The van der Waals surface area contributed by atoms with E-state index in [1.807, 2.05) is 6.07 Å². The van der Waals surface area contributed by atoms with Crippen LogP contribution in [0.25, 0.3) is 0 Å². The first-order chi connectivity index (χ1) is 11.1. The Morgan fingerprint density at radius 2 is 1.83 bits per heavy atom. The molecule has 4 N–H and O–H groups in total. The maximum Gasteiger partial charge on any atom is 0.316 e. The SMILES string of the molecule is NC(=O)Nc1ccc(C(=O)NCC2CCc3ccccc32)cc1. The van der Waals surface area contributed by atoms with E-state index in [-0.39, 0.29) is 5.91 Å². The Morgan fingerprint density at radius 1 is 1.09 bits per heavy atom. The summed E-state index contributed by atoms with van der Waals surface area (Å²) < 4.78 is 0. The molecule has 2 aromatic carbocycles. The lowest BCUT2D eigenvalue weighted by Gasteiger charge is -2.13. The second kappa shape index (κ2) is 6.52. The maximum absolute atomic E-state index is 12.2. The zero-order valence-corrected chi connectivity index (χ0v) is 12.7. The summed E-state index contributed by atoms with van der Waals surface area (Å²) in [6, 6.07) is 14.4. The molecule has 0 heterocycles. The molecule has 3 amide bonds. The lowest BCUT2D eigenvalue weighted by Crippen LogP contribution is -2.27. The fraction of sp³-hybridized carbons (Fsp3) is 0.222. The summed E-state index contributed by atoms with van der Waals surface area (Å²) in [7, 11) is 0. The van der Waals surface area contributed by atoms with Gasteiger partial charge in [0.2, 0.25) is 0 Å². The molecule has 118 valence electrons. The number of fused-ring (bicyclic) bond motifs is 1. The van der Waals surface area contributed by atoms with E-state index in [2.05, 4.69) is 28.8 Å². The zero-order valence-electron chi connectivity index (χ0n) is 12.7. The van der Waals surface area contributed by atoms with Crippen molar-refractivity contribution in [1.29, 1.82) is 0 Å². The highest BCUT2D eigenvalue weighted by molar-refractivity contribution is 5.95. The number of primary amides is 1. The predicted octanol–water partition coefficient (Wildman–Crippen LogP) is 2.64. The molecule has 1 atom stereocenters. The number of urea groups is 1. The maximum atomic E-state index is 12.2. The first kappa shape index (κ1) is 15.1. The molecular weight excluding hydrogens is 290 g/mol. The lowest BCUT2D eigenvalue weighted by atomic mass is 10.0. The van der Waals surface area contributed by atoms with E-state index in [1.54, 1.807) is 24.3 Å². The van der Waals surface area contributed by atoms with Crippen LogP contribution in [0.4, 0.5) is 10.5 Å². The van der Waals surface area contributed by atoms with Crippen molar-refractivity contribution in [2.45, 2.75) is 18.8 Å². The van der Waals surface area contributed by atoms with Crippen LogP contribution in [-0.2, 0) is 6.42 Å². The monoisotopic (exact) mass is 309 g/mol. The van der Waals surface area contributed by atoms with Crippen LogP contribution in [0.1, 0.15) is 33.8 Å². The summed E-state index contributed by atoms with van der Waals surface area (Å²) >= 11 is 0. The summed E-state index contributed by atoms with van der Waals surface area (Å²) in [6.07, 6.45) is 2.14. The van der Waals surface area contributed by atoms with Crippen LogP contribution in [0.5, 0.6) is 0 Å². The Balaban J connectivity index is 1.59. The molecule has 1 aliphatic carbocycles. The minimum Gasteiger partial charge on any atom is -0.351 e. The Labute approximate surface area is 134 Å². The Bertz CT molecular complexity index is 725. The number of rotatable bonds is 4. The first-order valence-electron chi connectivity index (χ1n) is 7.66. The molecule has 0 saturated carbocycles. The summed E-state index contributed by atoms with van der Waals surface area (Å²) in [5, 5.41) is 5.46. The largest absolute Gasteiger partial charge is 0.351 e. The number of carbonyl (C=O) groups is 2. The van der Waals surface area contributed by atoms with Crippen LogP contribution < -0.4 is 16.4 Å². The van der Waals surface area contributed by atoms with Crippen molar-refractivity contribution in [2.24, 2.45) is 5.73 Å². The van der Waals surface area contributed by atoms with Gasteiger partial charge in [-0.2, -0.15) is 0 Å². The molecular formula is C18H19N3O2. The van der Waals surface area contributed by atoms with Gasteiger partial charge in [0.15, 0.2) is 0 Å². The van der Waals surface area contributed by atoms with Gasteiger partial charge in [0.1, 0.15) is 0 Å². The molecule has 0 aliphatic heterocycles. The topological polar surface area (TPSA) is 84.2 Å². The molecule has 0 aromatic heterocycles. The summed E-state index contributed by atoms with van der Waals surface area (Å²) in [5.41, 5.74) is 8.90. The predicted molar refractivity (Wildman–Crippen MR) is 89.5 cm³/mol. The van der Waals surface area contributed by atoms with E-state index < -0.39 is 6.03 Å². The average molecular weight is 309 g/mol. The zero-order chi connectivity index (χ0) is 16.2. The molecule has 23 heavy (non-hydrogen) atoms. The van der Waals surface area contributed by atoms with Gasteiger partial charge in [-0.15, -0.1) is 0 Å². The van der Waals surface area contributed by atoms with Crippen LogP contribution in [0.2, 0.25) is 0 Å². The number of anilines is 1. The molecule has 5 nitrogen and oxygen atoms in total. The van der Waals surface area contributed by atoms with Gasteiger partial charge in [0, 0.05) is 23.7 Å². The van der Waals surface area contributed by atoms with Crippen molar-refractivity contribution >= 4 is 17.6 Å². The summed E-state index contributed by atoms with van der Waals surface area (Å²) in [5.74, 6) is 0.269. The second-order valence-electron chi connectivity index (χ2n) is 5.71. The Hall–Kier alpha value is -2.82. The van der Waals surface area contributed by atoms with Gasteiger partial charge >= 0.3 is 6.03 Å². The smallest absolute Gasteiger partial charge is 0.316 e. The molecule has 0 saturated heterocycles. The van der Waals surface area contributed by atoms with E-state index >= 15 is 0 Å². The number of carbonyl (C=O) groups excluding carboxylic acids is 2. The van der Waals surface area contributed by atoms with Crippen LogP contribution >= 0.6 is 0 Å². The van der Waals surface area contributed by atoms with E-state index in [1.165, 1.54) is 11.1 Å². The third-order valence-electron chi connectivity index (χ3n) is 4.18. The van der Waals surface area contributed by atoms with Crippen molar-refractivity contribution in [3.63, 3.8) is 0 Å². The molecule has 0 fully saturated rings. The van der Waals surface area contributed by atoms with Crippen molar-refractivity contribution in [1.82, 2.24) is 5.32 Å². The number of nitrogens with two attached hydrogens (primary N) is 1. The highest BCUT2D eigenvalue weighted by Crippen LogP contribution is 2.32. The van der Waals surface area contributed by atoms with E-state index in [4.69, 9.17) is 5.73 Å². The van der Waals surface area contributed by atoms with Crippen LogP contribution in [0.3, 0.4) is 0 Å². The van der Waals surface area contributed by atoms with Crippen molar-refractivity contribution in [2.75, 3.05) is 11.9 Å². The van der Waals surface area contributed by atoms with Gasteiger partial charge in [-0.05, 0) is 48.2 Å². The number of aryl methyl sites for hydroxylation is 1. The third kappa shape index (κ3) is 3.51. The molecule has 2 aromatic rings. The van der Waals surface area contributed by atoms with Gasteiger partial charge in [-0.1, -0.05) is 24.3 Å². The lowest BCUT2D eigenvalue weighted by molar-refractivity contribution is 0.0951. The number of hydrogen-bond acceptors (Lipinski definition) is 2. The third-order valence-corrected chi connectivity index (χ3v) is 4.18. The second-order valence-corrected chi connectivity index (χ2v) is 5.71. The fourth-order valence-corrected chi connectivity index (χ4v) is 3.02. The van der Waals surface area contributed by atoms with E-state index in [0.29, 0.717) is 23.7 Å². The molecule has 1 unspecified atom stereocenters. The van der Waals surface area contributed by atoms with Gasteiger partial charge in [0.25, 0.3) is 5.91 Å². The van der Waals surface area contributed by atoms with Crippen molar-refractivity contribution < 1.29 is 9.59 Å². The van der Waals surface area contributed by atoms with Crippen molar-refractivity contribution in [3.05, 3.63) is 65.2 Å². The fourth-order valence-electron chi connectivity index (χ4n) is 3.02. The van der Waals surface area contributed by atoms with Gasteiger partial charge in [0.05, 0.1) is 0 Å². The number of nitrogens with one attached hydrogen (secondary N) is 2. The highest BCUT2D eigenvalue weighted by atomic mass is 16.2. The molecule has 5 heteroatoms. The van der Waals surface area contributed by atoms with Gasteiger partial charge in [-0.3, -0.25) is 4.79 Å². The Morgan fingerprint density at radius 3 is 2.57 bits per heavy atom. The molecule has 0 radical (unpaired) electrons. The minimum absolute atomic E-state index is 0.111. The quantitative estimate of drug-likeness (QED) is 0.811. The van der Waals surface area contributed by atoms with Crippen LogP contribution in [0.15, 0.2) is 48.5 Å². The minimum atomic E-state index is -0.623. The van der Waals surface area contributed by atoms with Crippen LogP contribution in [-0.4, -0.2) is 18.5 Å². The Kier molecular flexibility index (Phi) is 4.28. The van der Waals surface area contributed by atoms with Gasteiger partial charge < -0.3 is 16.4 Å². The number of hydrogen-bond donors (Lipinski definition) is 3. The molecule has 0 bridgehead atoms. The summed E-state index contributed by atoms with van der Waals surface area (Å²) in [4.78, 5) is 23.0. The van der Waals surface area contributed by atoms with Gasteiger partial charge in [-0.25, -0.2) is 4.79 Å². The summed E-state index contributed by atoms with van der Waals surface area (Å²) in [6.45, 7) is 0.636. The number of benzene rings is 2. The molecule has 3 rings (SSSR count). The van der Waals surface area contributed by atoms with Crippen molar-refractivity contribution in [3.8, 4) is 0 Å². The molecule has 0 spiro atoms. The highest BCUT2D eigenvalue weighted by Gasteiger charge is 2.22. The number of amides is 3. The average Bonchev–Trinajstić information content (AvgIpc) is 2.96.